The zero-order valence-corrected chi connectivity index (χ0v) is 14.2. The van der Waals surface area contributed by atoms with E-state index in [1.807, 2.05) is 19.2 Å². The molecule has 1 fully saturated rings. The summed E-state index contributed by atoms with van der Waals surface area (Å²) < 4.78 is 5.56. The first kappa shape index (κ1) is 16.9. The van der Waals surface area contributed by atoms with Crippen LogP contribution in [0.15, 0.2) is 36.8 Å². The highest BCUT2D eigenvalue weighted by Gasteiger charge is 2.22. The summed E-state index contributed by atoms with van der Waals surface area (Å²) in [6.07, 6.45) is 7.72. The summed E-state index contributed by atoms with van der Waals surface area (Å²) in [6.45, 7) is 5.55. The third-order valence-corrected chi connectivity index (χ3v) is 4.51. The van der Waals surface area contributed by atoms with Crippen LogP contribution in [0.25, 0.3) is 0 Å². The van der Waals surface area contributed by atoms with Crippen LogP contribution in [-0.4, -0.2) is 39.7 Å². The number of ether oxygens (including phenoxy) is 1. The SMILES string of the molecule is CCOc1ccc(CN2CCC[C@@H](c3cnccn3)C2)cc1CO. The van der Waals surface area contributed by atoms with E-state index in [4.69, 9.17) is 4.74 Å². The maximum absolute atomic E-state index is 9.56. The highest BCUT2D eigenvalue weighted by Crippen LogP contribution is 2.27. The number of aliphatic hydroxyl groups is 1. The van der Waals surface area contributed by atoms with Crippen molar-refractivity contribution >= 4 is 0 Å². The average molecular weight is 327 g/mol. The minimum atomic E-state index is 0.00536. The number of aliphatic hydroxyl groups excluding tert-OH is 1. The topological polar surface area (TPSA) is 58.5 Å². The van der Waals surface area contributed by atoms with Crippen molar-refractivity contribution in [2.24, 2.45) is 0 Å². The second-order valence-electron chi connectivity index (χ2n) is 6.24. The molecule has 0 saturated carbocycles. The Hall–Kier alpha value is -1.98. The number of benzene rings is 1. The van der Waals surface area contributed by atoms with Crippen molar-refractivity contribution in [1.29, 1.82) is 0 Å². The average Bonchev–Trinajstić information content (AvgIpc) is 2.64. The molecule has 5 nitrogen and oxygen atoms in total. The van der Waals surface area contributed by atoms with Crippen LogP contribution in [0.4, 0.5) is 0 Å². The Morgan fingerprint density at radius 2 is 2.25 bits per heavy atom. The molecule has 1 aliphatic heterocycles. The minimum absolute atomic E-state index is 0.00536. The molecule has 1 atom stereocenters. The molecule has 0 radical (unpaired) electrons. The Balaban J connectivity index is 1.67. The minimum Gasteiger partial charge on any atom is -0.494 e. The fourth-order valence-corrected chi connectivity index (χ4v) is 3.37. The monoisotopic (exact) mass is 327 g/mol. The summed E-state index contributed by atoms with van der Waals surface area (Å²) in [5, 5.41) is 9.56. The van der Waals surface area contributed by atoms with Crippen LogP contribution in [0.5, 0.6) is 5.75 Å². The Morgan fingerprint density at radius 3 is 3.00 bits per heavy atom. The van der Waals surface area contributed by atoms with Crippen molar-refractivity contribution < 1.29 is 9.84 Å². The van der Waals surface area contributed by atoms with Crippen LogP contribution in [0.3, 0.4) is 0 Å². The number of likely N-dealkylation sites (tertiary alicyclic amines) is 1. The van der Waals surface area contributed by atoms with Crippen molar-refractivity contribution in [3.05, 3.63) is 53.6 Å². The molecule has 2 heterocycles. The van der Waals surface area contributed by atoms with Crippen LogP contribution in [-0.2, 0) is 13.2 Å². The molecule has 24 heavy (non-hydrogen) atoms. The van der Waals surface area contributed by atoms with Gasteiger partial charge in [-0.2, -0.15) is 0 Å². The van der Waals surface area contributed by atoms with Crippen molar-refractivity contribution in [2.75, 3.05) is 19.7 Å². The van der Waals surface area contributed by atoms with Gasteiger partial charge in [-0.05, 0) is 44.0 Å². The lowest BCUT2D eigenvalue weighted by molar-refractivity contribution is 0.198. The van der Waals surface area contributed by atoms with Crippen LogP contribution >= 0.6 is 0 Å². The molecular weight excluding hydrogens is 302 g/mol. The van der Waals surface area contributed by atoms with Gasteiger partial charge in [0.15, 0.2) is 0 Å². The number of rotatable bonds is 6. The predicted molar refractivity (Wildman–Crippen MR) is 92.8 cm³/mol. The lowest BCUT2D eigenvalue weighted by Gasteiger charge is -2.32. The van der Waals surface area contributed by atoms with Crippen molar-refractivity contribution in [3.63, 3.8) is 0 Å². The van der Waals surface area contributed by atoms with Gasteiger partial charge in [0, 0.05) is 43.2 Å². The smallest absolute Gasteiger partial charge is 0.124 e. The quantitative estimate of drug-likeness (QED) is 0.884. The molecule has 0 spiro atoms. The van der Waals surface area contributed by atoms with Crippen molar-refractivity contribution in [2.45, 2.75) is 38.8 Å². The highest BCUT2D eigenvalue weighted by atomic mass is 16.5. The molecule has 1 saturated heterocycles. The van der Waals surface area contributed by atoms with Crippen LogP contribution in [0, 0.1) is 0 Å². The van der Waals surface area contributed by atoms with E-state index >= 15 is 0 Å². The molecule has 0 amide bonds. The Kier molecular flexibility index (Phi) is 5.77. The molecule has 0 unspecified atom stereocenters. The van der Waals surface area contributed by atoms with Crippen molar-refractivity contribution in [3.8, 4) is 5.75 Å². The maximum atomic E-state index is 9.56. The molecule has 5 heteroatoms. The summed E-state index contributed by atoms with van der Waals surface area (Å²) >= 11 is 0. The molecule has 1 aliphatic rings. The lowest BCUT2D eigenvalue weighted by Crippen LogP contribution is -2.34. The molecule has 2 aromatic rings. The zero-order valence-electron chi connectivity index (χ0n) is 14.2. The Morgan fingerprint density at radius 1 is 1.33 bits per heavy atom. The van der Waals surface area contributed by atoms with E-state index in [9.17, 15) is 5.11 Å². The predicted octanol–water partition coefficient (Wildman–Crippen LogP) is 2.75. The zero-order chi connectivity index (χ0) is 16.8. The first-order chi connectivity index (χ1) is 11.8. The molecular formula is C19H25N3O2. The summed E-state index contributed by atoms with van der Waals surface area (Å²) in [6, 6.07) is 6.11. The van der Waals surface area contributed by atoms with Crippen molar-refractivity contribution in [1.82, 2.24) is 14.9 Å². The molecule has 1 aromatic heterocycles. The van der Waals surface area contributed by atoms with Gasteiger partial charge in [0.2, 0.25) is 0 Å². The van der Waals surface area contributed by atoms with Crippen LogP contribution in [0.1, 0.15) is 42.5 Å². The molecule has 3 rings (SSSR count). The fraction of sp³-hybridized carbons (Fsp3) is 0.474. The van der Waals surface area contributed by atoms with Gasteiger partial charge in [-0.25, -0.2) is 0 Å². The van der Waals surface area contributed by atoms with E-state index in [2.05, 4.69) is 27.0 Å². The van der Waals surface area contributed by atoms with Gasteiger partial charge >= 0.3 is 0 Å². The van der Waals surface area contributed by atoms with E-state index in [1.54, 1.807) is 12.4 Å². The van der Waals surface area contributed by atoms with Gasteiger partial charge in [0.1, 0.15) is 5.75 Å². The Labute approximate surface area is 143 Å². The standard InChI is InChI=1S/C19H25N3O2/c1-2-24-19-6-5-15(10-17(19)14-23)12-22-9-3-4-16(13-22)18-11-20-7-8-21-18/h5-8,10-11,16,23H,2-4,9,12-14H2,1H3/t16-/m1/s1. The van der Waals surface area contributed by atoms with E-state index in [0.717, 1.165) is 36.6 Å². The van der Waals surface area contributed by atoms with E-state index < -0.39 is 0 Å². The third-order valence-electron chi connectivity index (χ3n) is 4.51. The van der Waals surface area contributed by atoms with Gasteiger partial charge in [0.25, 0.3) is 0 Å². The summed E-state index contributed by atoms with van der Waals surface area (Å²) in [5.41, 5.74) is 3.16. The van der Waals surface area contributed by atoms with Gasteiger partial charge in [-0.1, -0.05) is 6.07 Å². The van der Waals surface area contributed by atoms with Gasteiger partial charge < -0.3 is 9.84 Å². The molecule has 0 aliphatic carbocycles. The van der Waals surface area contributed by atoms with E-state index in [1.165, 1.54) is 18.4 Å². The maximum Gasteiger partial charge on any atom is 0.124 e. The normalized spacial score (nSPS) is 18.5. The molecule has 128 valence electrons. The van der Waals surface area contributed by atoms with Crippen LogP contribution in [0.2, 0.25) is 0 Å². The summed E-state index contributed by atoms with van der Waals surface area (Å²) in [4.78, 5) is 11.1. The number of piperidine rings is 1. The third kappa shape index (κ3) is 4.10. The fourth-order valence-electron chi connectivity index (χ4n) is 3.37. The first-order valence-corrected chi connectivity index (χ1v) is 8.64. The first-order valence-electron chi connectivity index (χ1n) is 8.64. The lowest BCUT2D eigenvalue weighted by atomic mass is 9.94. The number of hydrogen-bond acceptors (Lipinski definition) is 5. The second kappa shape index (κ2) is 8.22. The summed E-state index contributed by atoms with van der Waals surface area (Å²) in [5.74, 6) is 1.23. The molecule has 1 N–H and O–H groups in total. The number of nitrogens with zero attached hydrogens (tertiary/aromatic N) is 3. The van der Waals surface area contributed by atoms with E-state index in [0.29, 0.717) is 12.5 Å². The molecule has 0 bridgehead atoms. The summed E-state index contributed by atoms with van der Waals surface area (Å²) in [7, 11) is 0. The highest BCUT2D eigenvalue weighted by molar-refractivity contribution is 5.37. The van der Waals surface area contributed by atoms with Gasteiger partial charge in [-0.3, -0.25) is 14.9 Å². The Bertz CT molecular complexity index is 648. The number of hydrogen-bond donors (Lipinski definition) is 1. The van der Waals surface area contributed by atoms with Gasteiger partial charge in [0.05, 0.1) is 18.9 Å². The van der Waals surface area contributed by atoms with Crippen LogP contribution < -0.4 is 4.74 Å². The largest absolute Gasteiger partial charge is 0.494 e. The second-order valence-corrected chi connectivity index (χ2v) is 6.24. The molecule has 1 aromatic carbocycles. The van der Waals surface area contributed by atoms with Gasteiger partial charge in [-0.15, -0.1) is 0 Å². The number of aromatic nitrogens is 2. The van der Waals surface area contributed by atoms with E-state index in [-0.39, 0.29) is 6.61 Å².